The molecule has 0 saturated carbocycles. The summed E-state index contributed by atoms with van der Waals surface area (Å²) < 4.78 is 13.0. The number of nitrogens with zero attached hydrogens (tertiary/aromatic N) is 3. The first-order valence-electron chi connectivity index (χ1n) is 9.53. The molecule has 29 heavy (non-hydrogen) atoms. The lowest BCUT2D eigenvalue weighted by molar-refractivity contribution is 0.174. The molecule has 3 heterocycles. The van der Waals surface area contributed by atoms with Crippen molar-refractivity contribution in [3.63, 3.8) is 0 Å². The third-order valence-electron chi connectivity index (χ3n) is 5.07. The van der Waals surface area contributed by atoms with E-state index < -0.39 is 0 Å². The maximum absolute atomic E-state index is 5.51. The van der Waals surface area contributed by atoms with Crippen molar-refractivity contribution in [1.82, 2.24) is 25.1 Å². The average molecular weight is 387 g/mol. The highest BCUT2D eigenvalue weighted by atomic mass is 16.7. The van der Waals surface area contributed by atoms with Gasteiger partial charge in [-0.2, -0.15) is 5.10 Å². The normalized spacial score (nSPS) is 13.5. The summed E-state index contributed by atoms with van der Waals surface area (Å²) in [5.41, 5.74) is 4.32. The van der Waals surface area contributed by atoms with Crippen LogP contribution in [-0.4, -0.2) is 26.5 Å². The zero-order valence-corrected chi connectivity index (χ0v) is 15.8. The Hall–Kier alpha value is -3.58. The van der Waals surface area contributed by atoms with Crippen LogP contribution in [-0.2, 0) is 13.1 Å². The van der Waals surface area contributed by atoms with Crippen molar-refractivity contribution < 1.29 is 9.47 Å². The largest absolute Gasteiger partial charge is 0.454 e. The molecule has 0 aliphatic carbocycles. The molecule has 0 saturated heterocycles. The first kappa shape index (κ1) is 17.5. The minimum Gasteiger partial charge on any atom is -0.454 e. The highest BCUT2D eigenvalue weighted by Crippen LogP contribution is 2.36. The molecule has 2 aromatic heterocycles. The first-order valence-corrected chi connectivity index (χ1v) is 9.53. The van der Waals surface area contributed by atoms with Crippen LogP contribution in [0.2, 0.25) is 0 Å². The van der Waals surface area contributed by atoms with E-state index in [-0.39, 0.29) is 12.8 Å². The van der Waals surface area contributed by atoms with Crippen LogP contribution in [0.1, 0.15) is 17.2 Å². The number of benzene rings is 2. The van der Waals surface area contributed by atoms with Gasteiger partial charge in [0, 0.05) is 36.6 Å². The van der Waals surface area contributed by atoms with E-state index >= 15 is 0 Å². The topological polar surface area (TPSA) is 77.0 Å². The van der Waals surface area contributed by atoms with Gasteiger partial charge in [0.25, 0.3) is 0 Å². The van der Waals surface area contributed by atoms with Gasteiger partial charge in [-0.1, -0.05) is 30.3 Å². The number of H-pyrrole nitrogens is 1. The van der Waals surface area contributed by atoms with Crippen LogP contribution < -0.4 is 14.8 Å². The van der Waals surface area contributed by atoms with E-state index in [4.69, 9.17) is 9.47 Å². The van der Waals surface area contributed by atoms with E-state index in [1.807, 2.05) is 43.0 Å². The fourth-order valence-corrected chi connectivity index (χ4v) is 3.56. The van der Waals surface area contributed by atoms with Crippen molar-refractivity contribution in [2.75, 3.05) is 6.79 Å². The van der Waals surface area contributed by atoms with Crippen LogP contribution in [0.5, 0.6) is 11.5 Å². The van der Waals surface area contributed by atoms with Crippen molar-refractivity contribution in [3.05, 3.63) is 84.6 Å². The van der Waals surface area contributed by atoms with Gasteiger partial charge in [0.2, 0.25) is 6.79 Å². The van der Waals surface area contributed by atoms with Crippen LogP contribution in [0, 0.1) is 0 Å². The minimum atomic E-state index is 0.143. The SMILES string of the molecule is c1ccc(C(Cn2ccnc2)NCc2cn[nH]c2-c2ccc3c(c2)OCO3)cc1. The Morgan fingerprint density at radius 3 is 2.86 bits per heavy atom. The van der Waals surface area contributed by atoms with Gasteiger partial charge >= 0.3 is 0 Å². The van der Waals surface area contributed by atoms with Crippen LogP contribution in [0.25, 0.3) is 11.3 Å². The molecule has 2 N–H and O–H groups in total. The van der Waals surface area contributed by atoms with Crippen LogP contribution in [0.3, 0.4) is 0 Å². The predicted octanol–water partition coefficient (Wildman–Crippen LogP) is 3.53. The number of hydrogen-bond acceptors (Lipinski definition) is 5. The number of rotatable bonds is 7. The fraction of sp³-hybridized carbons (Fsp3) is 0.182. The molecule has 5 rings (SSSR count). The second kappa shape index (κ2) is 7.81. The van der Waals surface area contributed by atoms with E-state index in [9.17, 15) is 0 Å². The number of aromatic amines is 1. The molecule has 1 atom stereocenters. The van der Waals surface area contributed by atoms with Crippen molar-refractivity contribution in [2.45, 2.75) is 19.1 Å². The standard InChI is InChI=1S/C22H21N5O2/c1-2-4-16(5-3-1)19(13-27-9-8-23-14-27)24-11-18-12-25-26-22(18)17-6-7-20-21(10-17)29-15-28-20/h1-10,12,14,19,24H,11,13,15H2,(H,25,26). The van der Waals surface area contributed by atoms with Gasteiger partial charge in [-0.3, -0.25) is 5.10 Å². The summed E-state index contributed by atoms with van der Waals surface area (Å²) in [4.78, 5) is 4.16. The summed E-state index contributed by atoms with van der Waals surface area (Å²) >= 11 is 0. The molecule has 1 unspecified atom stereocenters. The lowest BCUT2D eigenvalue weighted by Crippen LogP contribution is -2.25. The molecule has 0 radical (unpaired) electrons. The Balaban J connectivity index is 1.36. The van der Waals surface area contributed by atoms with E-state index in [0.29, 0.717) is 6.54 Å². The number of nitrogens with one attached hydrogen (secondary N) is 2. The molecule has 146 valence electrons. The minimum absolute atomic E-state index is 0.143. The smallest absolute Gasteiger partial charge is 0.231 e. The number of hydrogen-bond donors (Lipinski definition) is 2. The zero-order valence-electron chi connectivity index (χ0n) is 15.8. The monoisotopic (exact) mass is 387 g/mol. The zero-order chi connectivity index (χ0) is 19.5. The van der Waals surface area contributed by atoms with Crippen molar-refractivity contribution in [3.8, 4) is 22.8 Å². The van der Waals surface area contributed by atoms with E-state index in [2.05, 4.69) is 49.3 Å². The molecule has 7 nitrogen and oxygen atoms in total. The number of ether oxygens (including phenoxy) is 2. The van der Waals surface area contributed by atoms with Gasteiger partial charge in [-0.15, -0.1) is 0 Å². The maximum atomic E-state index is 5.51. The van der Waals surface area contributed by atoms with Crippen molar-refractivity contribution in [2.24, 2.45) is 0 Å². The maximum Gasteiger partial charge on any atom is 0.231 e. The molecule has 1 aliphatic rings. The van der Waals surface area contributed by atoms with Gasteiger partial charge in [0.1, 0.15) is 0 Å². The summed E-state index contributed by atoms with van der Waals surface area (Å²) in [6, 6.07) is 16.5. The van der Waals surface area contributed by atoms with E-state index in [0.717, 1.165) is 34.9 Å². The second-order valence-electron chi connectivity index (χ2n) is 6.94. The van der Waals surface area contributed by atoms with Crippen molar-refractivity contribution >= 4 is 0 Å². The Morgan fingerprint density at radius 2 is 2.00 bits per heavy atom. The fourth-order valence-electron chi connectivity index (χ4n) is 3.56. The van der Waals surface area contributed by atoms with Crippen molar-refractivity contribution in [1.29, 1.82) is 0 Å². The van der Waals surface area contributed by atoms with Gasteiger partial charge in [-0.25, -0.2) is 4.98 Å². The van der Waals surface area contributed by atoms with Crippen LogP contribution in [0.15, 0.2) is 73.4 Å². The lowest BCUT2D eigenvalue weighted by Gasteiger charge is -2.20. The molecule has 0 bridgehead atoms. The highest BCUT2D eigenvalue weighted by Gasteiger charge is 2.17. The Kier molecular flexibility index (Phi) is 4.72. The predicted molar refractivity (Wildman–Crippen MR) is 108 cm³/mol. The molecule has 0 fully saturated rings. The number of aromatic nitrogens is 4. The van der Waals surface area contributed by atoms with Crippen LogP contribution >= 0.6 is 0 Å². The van der Waals surface area contributed by atoms with Gasteiger partial charge in [-0.05, 0) is 23.8 Å². The van der Waals surface area contributed by atoms with Gasteiger partial charge in [0.05, 0.1) is 24.3 Å². The summed E-state index contributed by atoms with van der Waals surface area (Å²) in [7, 11) is 0. The molecule has 4 aromatic rings. The molecule has 0 amide bonds. The molecule has 7 heteroatoms. The molecule has 1 aliphatic heterocycles. The molecule has 0 spiro atoms. The highest BCUT2D eigenvalue weighted by molar-refractivity contribution is 5.66. The Bertz CT molecular complexity index is 1080. The lowest BCUT2D eigenvalue weighted by atomic mass is 10.0. The number of fused-ring (bicyclic) bond motifs is 1. The Labute approximate surface area is 168 Å². The van der Waals surface area contributed by atoms with Gasteiger partial charge in [0.15, 0.2) is 11.5 Å². The molecular weight excluding hydrogens is 366 g/mol. The van der Waals surface area contributed by atoms with E-state index in [1.165, 1.54) is 5.56 Å². The van der Waals surface area contributed by atoms with Gasteiger partial charge < -0.3 is 19.4 Å². The summed E-state index contributed by atoms with van der Waals surface area (Å²) in [5.74, 6) is 1.54. The second-order valence-corrected chi connectivity index (χ2v) is 6.94. The average Bonchev–Trinajstić information content (AvgIpc) is 3.53. The summed E-state index contributed by atoms with van der Waals surface area (Å²) in [6.45, 7) is 1.74. The summed E-state index contributed by atoms with van der Waals surface area (Å²) in [5, 5.41) is 11.1. The molecular formula is C22H21N5O2. The summed E-state index contributed by atoms with van der Waals surface area (Å²) in [6.07, 6.45) is 7.49. The molecule has 2 aromatic carbocycles. The number of imidazole rings is 1. The third-order valence-corrected chi connectivity index (χ3v) is 5.07. The Morgan fingerprint density at radius 1 is 1.10 bits per heavy atom. The first-order chi connectivity index (χ1) is 14.4. The van der Waals surface area contributed by atoms with Crippen LogP contribution in [0.4, 0.5) is 0 Å². The quantitative estimate of drug-likeness (QED) is 0.507. The third kappa shape index (κ3) is 3.72. The van der Waals surface area contributed by atoms with E-state index in [1.54, 1.807) is 6.20 Å².